The van der Waals surface area contributed by atoms with E-state index in [9.17, 15) is 0 Å². The molecule has 0 atom stereocenters. The standard InChI is InChI=1S/C22H24N4.HI/c1-23-22(25-16-20-14-8-9-15-24-20)26-17-21(18-10-4-2-5-11-18)19-12-6-3-7-13-19;/h2-15,21H,16-17H2,1H3,(H2,23,25,26);1H. The second kappa shape index (κ2) is 11.3. The number of hydrogen-bond acceptors (Lipinski definition) is 2. The monoisotopic (exact) mass is 472 g/mol. The minimum atomic E-state index is 0. The van der Waals surface area contributed by atoms with Crippen LogP contribution in [0, 0.1) is 0 Å². The summed E-state index contributed by atoms with van der Waals surface area (Å²) in [5, 5.41) is 6.77. The molecule has 4 nitrogen and oxygen atoms in total. The number of benzene rings is 2. The lowest BCUT2D eigenvalue weighted by molar-refractivity contribution is 0.724. The average Bonchev–Trinajstić information content (AvgIpc) is 2.73. The summed E-state index contributed by atoms with van der Waals surface area (Å²) in [6.45, 7) is 1.40. The second-order valence-corrected chi connectivity index (χ2v) is 6.00. The Morgan fingerprint density at radius 3 is 1.96 bits per heavy atom. The van der Waals surface area contributed by atoms with E-state index in [1.807, 2.05) is 30.3 Å². The van der Waals surface area contributed by atoms with Crippen molar-refractivity contribution in [3.8, 4) is 0 Å². The molecule has 140 valence electrons. The quantitative estimate of drug-likeness (QED) is 0.321. The van der Waals surface area contributed by atoms with Gasteiger partial charge in [-0.25, -0.2) is 0 Å². The Kier molecular flexibility index (Phi) is 8.77. The summed E-state index contributed by atoms with van der Waals surface area (Å²) in [5.41, 5.74) is 3.55. The van der Waals surface area contributed by atoms with E-state index < -0.39 is 0 Å². The number of halogens is 1. The third-order valence-electron chi connectivity index (χ3n) is 4.26. The minimum absolute atomic E-state index is 0. The van der Waals surface area contributed by atoms with Gasteiger partial charge in [-0.1, -0.05) is 66.7 Å². The number of hydrogen-bond donors (Lipinski definition) is 2. The molecule has 0 amide bonds. The van der Waals surface area contributed by atoms with Crippen molar-refractivity contribution >= 4 is 29.9 Å². The molecule has 0 saturated carbocycles. The van der Waals surface area contributed by atoms with Gasteiger partial charge < -0.3 is 10.6 Å². The molecule has 0 aliphatic carbocycles. The average molecular weight is 472 g/mol. The van der Waals surface area contributed by atoms with E-state index in [1.54, 1.807) is 13.2 Å². The van der Waals surface area contributed by atoms with Gasteiger partial charge in [0.05, 0.1) is 12.2 Å². The summed E-state index contributed by atoms with van der Waals surface area (Å²) in [4.78, 5) is 8.66. The van der Waals surface area contributed by atoms with E-state index in [1.165, 1.54) is 11.1 Å². The Morgan fingerprint density at radius 2 is 1.44 bits per heavy atom. The van der Waals surface area contributed by atoms with Gasteiger partial charge in [0, 0.05) is 25.7 Å². The van der Waals surface area contributed by atoms with Crippen molar-refractivity contribution in [2.75, 3.05) is 13.6 Å². The van der Waals surface area contributed by atoms with Crippen LogP contribution in [-0.4, -0.2) is 24.5 Å². The van der Waals surface area contributed by atoms with E-state index in [0.717, 1.165) is 18.2 Å². The van der Waals surface area contributed by atoms with Crippen molar-refractivity contribution in [1.29, 1.82) is 0 Å². The fourth-order valence-corrected chi connectivity index (χ4v) is 2.90. The van der Waals surface area contributed by atoms with Crippen LogP contribution in [0.25, 0.3) is 0 Å². The molecule has 0 bridgehead atoms. The minimum Gasteiger partial charge on any atom is -0.355 e. The third-order valence-corrected chi connectivity index (χ3v) is 4.26. The molecule has 3 aromatic rings. The van der Waals surface area contributed by atoms with Crippen molar-refractivity contribution in [2.45, 2.75) is 12.5 Å². The van der Waals surface area contributed by atoms with Crippen LogP contribution in [0.3, 0.4) is 0 Å². The topological polar surface area (TPSA) is 49.3 Å². The number of aliphatic imine (C=N–C) groups is 1. The summed E-state index contributed by atoms with van der Waals surface area (Å²) < 4.78 is 0. The van der Waals surface area contributed by atoms with E-state index in [-0.39, 0.29) is 29.9 Å². The van der Waals surface area contributed by atoms with Crippen LogP contribution in [0.15, 0.2) is 90.1 Å². The molecular formula is C22H25IN4. The van der Waals surface area contributed by atoms with E-state index in [0.29, 0.717) is 6.54 Å². The van der Waals surface area contributed by atoms with Crippen LogP contribution in [0.1, 0.15) is 22.7 Å². The molecule has 0 aliphatic heterocycles. The molecule has 0 radical (unpaired) electrons. The summed E-state index contributed by atoms with van der Waals surface area (Å²) in [6, 6.07) is 27.0. The van der Waals surface area contributed by atoms with Crippen LogP contribution < -0.4 is 10.6 Å². The summed E-state index contributed by atoms with van der Waals surface area (Å²) in [7, 11) is 1.79. The number of rotatable bonds is 6. The summed E-state index contributed by atoms with van der Waals surface area (Å²) in [5.74, 6) is 1.03. The first kappa shape index (κ1) is 20.9. The largest absolute Gasteiger partial charge is 0.355 e. The zero-order valence-corrected chi connectivity index (χ0v) is 17.7. The number of pyridine rings is 1. The lowest BCUT2D eigenvalue weighted by Crippen LogP contribution is -2.39. The van der Waals surface area contributed by atoms with Gasteiger partial charge in [0.1, 0.15) is 0 Å². The highest BCUT2D eigenvalue weighted by Gasteiger charge is 2.14. The molecular weight excluding hydrogens is 447 g/mol. The van der Waals surface area contributed by atoms with Gasteiger partial charge in [0.15, 0.2) is 5.96 Å². The second-order valence-electron chi connectivity index (χ2n) is 6.00. The third kappa shape index (κ3) is 6.36. The first-order chi connectivity index (χ1) is 12.9. The molecule has 0 spiro atoms. The zero-order chi connectivity index (χ0) is 18.0. The van der Waals surface area contributed by atoms with Gasteiger partial charge >= 0.3 is 0 Å². The SMILES string of the molecule is CN=C(NCc1ccccn1)NCC(c1ccccc1)c1ccccc1.I. The normalized spacial score (nSPS) is 11.0. The Hall–Kier alpha value is -2.41. The molecule has 3 rings (SSSR count). The Bertz CT molecular complexity index is 768. The number of aromatic nitrogens is 1. The zero-order valence-electron chi connectivity index (χ0n) is 15.4. The van der Waals surface area contributed by atoms with Gasteiger partial charge in [-0.05, 0) is 23.3 Å². The lowest BCUT2D eigenvalue weighted by atomic mass is 9.91. The molecule has 1 aromatic heterocycles. The predicted molar refractivity (Wildman–Crippen MR) is 123 cm³/mol. The molecule has 0 unspecified atom stereocenters. The van der Waals surface area contributed by atoms with E-state index >= 15 is 0 Å². The van der Waals surface area contributed by atoms with Gasteiger partial charge in [-0.15, -0.1) is 24.0 Å². The number of nitrogens with one attached hydrogen (secondary N) is 2. The highest BCUT2D eigenvalue weighted by molar-refractivity contribution is 14.0. The number of guanidine groups is 1. The number of nitrogens with zero attached hydrogens (tertiary/aromatic N) is 2. The molecule has 2 N–H and O–H groups in total. The smallest absolute Gasteiger partial charge is 0.191 e. The van der Waals surface area contributed by atoms with Crippen LogP contribution >= 0.6 is 24.0 Å². The summed E-state index contributed by atoms with van der Waals surface area (Å²) >= 11 is 0. The molecule has 0 saturated heterocycles. The lowest BCUT2D eigenvalue weighted by Gasteiger charge is -2.20. The van der Waals surface area contributed by atoms with Gasteiger partial charge in [-0.2, -0.15) is 0 Å². The van der Waals surface area contributed by atoms with E-state index in [4.69, 9.17) is 0 Å². The van der Waals surface area contributed by atoms with Crippen molar-refractivity contribution in [2.24, 2.45) is 4.99 Å². The van der Waals surface area contributed by atoms with Crippen LogP contribution in [0.2, 0.25) is 0 Å². The molecule has 2 aromatic carbocycles. The maximum atomic E-state index is 4.33. The highest BCUT2D eigenvalue weighted by Crippen LogP contribution is 2.23. The summed E-state index contributed by atoms with van der Waals surface area (Å²) in [6.07, 6.45) is 1.80. The fourth-order valence-electron chi connectivity index (χ4n) is 2.90. The van der Waals surface area contributed by atoms with Crippen molar-refractivity contribution in [3.05, 3.63) is 102 Å². The molecule has 27 heavy (non-hydrogen) atoms. The van der Waals surface area contributed by atoms with Gasteiger partial charge in [0.2, 0.25) is 0 Å². The fraction of sp³-hybridized carbons (Fsp3) is 0.182. The molecule has 0 aliphatic rings. The van der Waals surface area contributed by atoms with E-state index in [2.05, 4.69) is 69.1 Å². The Labute approximate surface area is 178 Å². The van der Waals surface area contributed by atoms with Crippen LogP contribution in [-0.2, 0) is 6.54 Å². The van der Waals surface area contributed by atoms with Crippen LogP contribution in [0.5, 0.6) is 0 Å². The van der Waals surface area contributed by atoms with Crippen molar-refractivity contribution in [1.82, 2.24) is 15.6 Å². The van der Waals surface area contributed by atoms with Gasteiger partial charge in [0.25, 0.3) is 0 Å². The maximum Gasteiger partial charge on any atom is 0.191 e. The molecule has 0 fully saturated rings. The highest BCUT2D eigenvalue weighted by atomic mass is 127. The first-order valence-electron chi connectivity index (χ1n) is 8.81. The van der Waals surface area contributed by atoms with Crippen molar-refractivity contribution < 1.29 is 0 Å². The Morgan fingerprint density at radius 1 is 0.852 bits per heavy atom. The van der Waals surface area contributed by atoms with Crippen LogP contribution in [0.4, 0.5) is 0 Å². The predicted octanol–water partition coefficient (Wildman–Crippen LogP) is 4.20. The first-order valence-corrected chi connectivity index (χ1v) is 8.81. The van der Waals surface area contributed by atoms with Gasteiger partial charge in [-0.3, -0.25) is 9.98 Å². The van der Waals surface area contributed by atoms with Crippen molar-refractivity contribution in [3.63, 3.8) is 0 Å². The molecule has 5 heteroatoms. The maximum absolute atomic E-state index is 4.33. The molecule has 1 heterocycles. The Balaban J connectivity index is 0.00000261.